The van der Waals surface area contributed by atoms with Crippen molar-refractivity contribution in [1.29, 1.82) is 0 Å². The summed E-state index contributed by atoms with van der Waals surface area (Å²) in [4.78, 5) is 33.3. The van der Waals surface area contributed by atoms with Gasteiger partial charge in [-0.05, 0) is 76.1 Å². The van der Waals surface area contributed by atoms with Gasteiger partial charge < -0.3 is 10.3 Å². The number of amides is 1. The van der Waals surface area contributed by atoms with E-state index in [4.69, 9.17) is 0 Å². The number of nitrogens with zero attached hydrogens (tertiary/aromatic N) is 1. The zero-order valence-electron chi connectivity index (χ0n) is 20.8. The molecule has 2 heterocycles. The predicted molar refractivity (Wildman–Crippen MR) is 138 cm³/mol. The van der Waals surface area contributed by atoms with Crippen molar-refractivity contribution in [3.8, 4) is 0 Å². The molecule has 5 heteroatoms. The fraction of sp³-hybridized carbons (Fsp3) is 0.655. The maximum atomic E-state index is 13.8. The zero-order valence-corrected chi connectivity index (χ0v) is 20.8. The highest BCUT2D eigenvalue weighted by Gasteiger charge is 2.55. The van der Waals surface area contributed by atoms with Gasteiger partial charge >= 0.3 is 0 Å². The zero-order chi connectivity index (χ0) is 23.6. The normalized spacial score (nSPS) is 23.9. The standard InChI is InChI=1S/C29H41N3O2/c1-28(31-26(33)22-13-5-2-6-14-22,24-21-23-15-7-8-16-25(23)30-27(24)34)29(17-9-3-10-18-29)32-19-11-4-12-20-32/h7-8,15-16,21-22H,2-6,9-14,17-20H2,1H3,(H,30,34)(H,31,33). The Morgan fingerprint density at radius 1 is 0.971 bits per heavy atom. The summed E-state index contributed by atoms with van der Waals surface area (Å²) in [6.07, 6.45) is 14.7. The van der Waals surface area contributed by atoms with Crippen molar-refractivity contribution < 1.29 is 4.79 Å². The number of rotatable bonds is 5. The van der Waals surface area contributed by atoms with Crippen LogP contribution >= 0.6 is 0 Å². The van der Waals surface area contributed by atoms with E-state index in [1.165, 1.54) is 32.1 Å². The second-order valence-electron chi connectivity index (χ2n) is 11.2. The molecule has 0 radical (unpaired) electrons. The Bertz CT molecular complexity index is 1060. The third-order valence-corrected chi connectivity index (χ3v) is 9.21. The number of fused-ring (bicyclic) bond motifs is 1. The Morgan fingerprint density at radius 2 is 1.62 bits per heavy atom. The van der Waals surface area contributed by atoms with Gasteiger partial charge in [-0.25, -0.2) is 0 Å². The van der Waals surface area contributed by atoms with E-state index in [1.807, 2.05) is 18.2 Å². The van der Waals surface area contributed by atoms with Crippen molar-refractivity contribution >= 4 is 16.8 Å². The monoisotopic (exact) mass is 463 g/mol. The number of para-hydroxylation sites is 1. The first-order valence-corrected chi connectivity index (χ1v) is 13.7. The van der Waals surface area contributed by atoms with Crippen LogP contribution in [0.1, 0.15) is 96.0 Å². The molecule has 1 aromatic heterocycles. The van der Waals surface area contributed by atoms with Crippen LogP contribution in [0.25, 0.3) is 10.9 Å². The Kier molecular flexibility index (Phi) is 6.83. The molecule has 1 atom stereocenters. The third-order valence-electron chi connectivity index (χ3n) is 9.21. The van der Waals surface area contributed by atoms with Crippen molar-refractivity contribution in [3.63, 3.8) is 0 Å². The second kappa shape index (κ2) is 9.85. The summed E-state index contributed by atoms with van der Waals surface area (Å²) < 4.78 is 0. The summed E-state index contributed by atoms with van der Waals surface area (Å²) in [6, 6.07) is 10.1. The summed E-state index contributed by atoms with van der Waals surface area (Å²) in [7, 11) is 0. The molecule has 1 aliphatic heterocycles. The van der Waals surface area contributed by atoms with Crippen LogP contribution in [0.2, 0.25) is 0 Å². The lowest BCUT2D eigenvalue weighted by molar-refractivity contribution is -0.132. The van der Waals surface area contributed by atoms with Gasteiger partial charge in [0.1, 0.15) is 0 Å². The van der Waals surface area contributed by atoms with Crippen LogP contribution in [0.15, 0.2) is 35.1 Å². The smallest absolute Gasteiger partial charge is 0.254 e. The first-order chi connectivity index (χ1) is 16.5. The molecule has 3 fully saturated rings. The van der Waals surface area contributed by atoms with Crippen LogP contribution in [0.4, 0.5) is 0 Å². The number of hydrogen-bond donors (Lipinski definition) is 2. The van der Waals surface area contributed by atoms with Gasteiger partial charge in [-0.1, -0.05) is 63.1 Å². The minimum absolute atomic E-state index is 0.0629. The second-order valence-corrected chi connectivity index (χ2v) is 11.2. The van der Waals surface area contributed by atoms with Gasteiger partial charge in [0.15, 0.2) is 0 Å². The van der Waals surface area contributed by atoms with E-state index in [0.29, 0.717) is 0 Å². The van der Waals surface area contributed by atoms with Gasteiger partial charge in [0.2, 0.25) is 5.91 Å². The topological polar surface area (TPSA) is 65.2 Å². The van der Waals surface area contributed by atoms with Crippen molar-refractivity contribution in [2.24, 2.45) is 5.92 Å². The lowest BCUT2D eigenvalue weighted by atomic mass is 9.64. The molecule has 1 unspecified atom stereocenters. The van der Waals surface area contributed by atoms with Gasteiger partial charge in [-0.3, -0.25) is 14.5 Å². The molecule has 1 aromatic carbocycles. The van der Waals surface area contributed by atoms with E-state index >= 15 is 0 Å². The molecule has 2 N–H and O–H groups in total. The fourth-order valence-electron chi connectivity index (χ4n) is 7.26. The maximum absolute atomic E-state index is 13.8. The first kappa shape index (κ1) is 23.6. The Balaban J connectivity index is 1.65. The molecule has 3 aliphatic rings. The molecule has 0 spiro atoms. The van der Waals surface area contributed by atoms with Crippen molar-refractivity contribution in [3.05, 3.63) is 46.2 Å². The lowest BCUT2D eigenvalue weighted by Gasteiger charge is -2.58. The highest BCUT2D eigenvalue weighted by atomic mass is 16.2. The van der Waals surface area contributed by atoms with Crippen LogP contribution in [-0.4, -0.2) is 34.4 Å². The van der Waals surface area contributed by atoms with E-state index < -0.39 is 5.54 Å². The van der Waals surface area contributed by atoms with E-state index in [2.05, 4.69) is 34.3 Å². The number of carbonyl (C=O) groups excluding carboxylic acids is 1. The molecule has 1 amide bonds. The predicted octanol–water partition coefficient (Wildman–Crippen LogP) is 5.63. The highest BCUT2D eigenvalue weighted by Crippen LogP contribution is 2.48. The number of piperidine rings is 1. The number of aromatic amines is 1. The van der Waals surface area contributed by atoms with E-state index in [9.17, 15) is 9.59 Å². The molecule has 184 valence electrons. The number of nitrogens with one attached hydrogen (secondary N) is 2. The van der Waals surface area contributed by atoms with Gasteiger partial charge in [0.25, 0.3) is 5.56 Å². The van der Waals surface area contributed by atoms with Crippen LogP contribution in [0, 0.1) is 5.92 Å². The average Bonchev–Trinajstić information content (AvgIpc) is 2.89. The molecule has 1 saturated heterocycles. The van der Waals surface area contributed by atoms with E-state index in [-0.39, 0.29) is 22.9 Å². The Hall–Kier alpha value is -2.14. The van der Waals surface area contributed by atoms with Crippen LogP contribution < -0.4 is 10.9 Å². The molecule has 2 saturated carbocycles. The minimum Gasteiger partial charge on any atom is -0.345 e. The number of hydrogen-bond acceptors (Lipinski definition) is 3. The number of pyridine rings is 1. The van der Waals surface area contributed by atoms with Crippen molar-refractivity contribution in [2.75, 3.05) is 13.1 Å². The van der Waals surface area contributed by atoms with Gasteiger partial charge in [0.05, 0.1) is 5.54 Å². The number of likely N-dealkylation sites (tertiary alicyclic amines) is 1. The van der Waals surface area contributed by atoms with Crippen molar-refractivity contribution in [2.45, 2.75) is 101 Å². The number of carbonyl (C=O) groups is 1. The molecule has 34 heavy (non-hydrogen) atoms. The van der Waals surface area contributed by atoms with Gasteiger partial charge in [-0.15, -0.1) is 0 Å². The van der Waals surface area contributed by atoms with Gasteiger partial charge in [0, 0.05) is 22.5 Å². The Morgan fingerprint density at radius 3 is 2.35 bits per heavy atom. The largest absolute Gasteiger partial charge is 0.345 e. The Labute approximate surface area is 203 Å². The first-order valence-electron chi connectivity index (χ1n) is 13.7. The third kappa shape index (κ3) is 4.21. The number of H-pyrrole nitrogens is 1. The van der Waals surface area contributed by atoms with E-state index in [0.717, 1.165) is 80.9 Å². The maximum Gasteiger partial charge on any atom is 0.254 e. The fourth-order valence-corrected chi connectivity index (χ4v) is 7.26. The quantitative estimate of drug-likeness (QED) is 0.604. The highest BCUT2D eigenvalue weighted by molar-refractivity contribution is 5.82. The van der Waals surface area contributed by atoms with Crippen LogP contribution in [0.3, 0.4) is 0 Å². The molecule has 2 aliphatic carbocycles. The molecular weight excluding hydrogens is 422 g/mol. The molecule has 0 bridgehead atoms. The molecular formula is C29H41N3O2. The summed E-state index contributed by atoms with van der Waals surface area (Å²) in [6.45, 7) is 4.29. The number of benzene rings is 1. The average molecular weight is 464 g/mol. The van der Waals surface area contributed by atoms with Crippen LogP contribution in [-0.2, 0) is 10.3 Å². The minimum atomic E-state index is -0.739. The molecule has 5 rings (SSSR count). The molecule has 5 nitrogen and oxygen atoms in total. The van der Waals surface area contributed by atoms with E-state index in [1.54, 1.807) is 0 Å². The summed E-state index contributed by atoms with van der Waals surface area (Å²) >= 11 is 0. The van der Waals surface area contributed by atoms with Crippen LogP contribution in [0.5, 0.6) is 0 Å². The SMILES string of the molecule is CC(NC(=O)C1CCCCC1)(c1cc2ccccc2[nH]c1=O)C1(N2CCCCC2)CCCCC1. The summed E-state index contributed by atoms with van der Waals surface area (Å²) in [5.41, 5.74) is 0.547. The number of aromatic nitrogens is 1. The lowest BCUT2D eigenvalue weighted by Crippen LogP contribution is -2.70. The van der Waals surface area contributed by atoms with Crippen molar-refractivity contribution in [1.82, 2.24) is 15.2 Å². The van der Waals surface area contributed by atoms with Gasteiger partial charge in [-0.2, -0.15) is 0 Å². The molecule has 2 aromatic rings. The summed E-state index contributed by atoms with van der Waals surface area (Å²) in [5, 5.41) is 4.62. The summed E-state index contributed by atoms with van der Waals surface area (Å²) in [5.74, 6) is 0.214.